The van der Waals surface area contributed by atoms with Crippen molar-refractivity contribution < 1.29 is 4.74 Å². The average molecular weight is 382 g/mol. The first-order valence-corrected chi connectivity index (χ1v) is 10.0. The molecule has 0 unspecified atom stereocenters. The number of halogens is 1. The van der Waals surface area contributed by atoms with Gasteiger partial charge in [-0.25, -0.2) is 0 Å². The normalized spacial score (nSPS) is 16.2. The van der Waals surface area contributed by atoms with Crippen molar-refractivity contribution in [3.05, 3.63) is 82.1 Å². The molecule has 27 heavy (non-hydrogen) atoms. The molecule has 0 amide bonds. The summed E-state index contributed by atoms with van der Waals surface area (Å²) in [7, 11) is 4.20. The smallest absolute Gasteiger partial charge is 0.126 e. The lowest BCUT2D eigenvalue weighted by Crippen LogP contribution is -2.15. The second kappa shape index (κ2) is 9.77. The van der Waals surface area contributed by atoms with Gasteiger partial charge in [-0.3, -0.25) is 0 Å². The molecular weight excluding hydrogens is 354 g/mol. The highest BCUT2D eigenvalue weighted by molar-refractivity contribution is 6.30. The van der Waals surface area contributed by atoms with Gasteiger partial charge >= 0.3 is 0 Å². The summed E-state index contributed by atoms with van der Waals surface area (Å²) in [4.78, 5) is 2.20. The van der Waals surface area contributed by atoms with Crippen molar-refractivity contribution in [3.63, 3.8) is 0 Å². The predicted molar refractivity (Wildman–Crippen MR) is 116 cm³/mol. The zero-order chi connectivity index (χ0) is 19.1. The molecule has 0 aromatic heterocycles. The molecule has 142 valence electrons. The van der Waals surface area contributed by atoms with E-state index in [-0.39, 0.29) is 0 Å². The highest BCUT2D eigenvalue weighted by Crippen LogP contribution is 2.37. The Morgan fingerprint density at radius 3 is 2.44 bits per heavy atom. The van der Waals surface area contributed by atoms with E-state index in [1.165, 1.54) is 16.7 Å². The Hall–Kier alpha value is -2.03. The fourth-order valence-corrected chi connectivity index (χ4v) is 3.55. The van der Waals surface area contributed by atoms with E-state index in [1.807, 2.05) is 12.1 Å². The van der Waals surface area contributed by atoms with Gasteiger partial charge in [-0.1, -0.05) is 54.1 Å². The van der Waals surface area contributed by atoms with E-state index in [1.54, 1.807) is 0 Å². The van der Waals surface area contributed by atoms with E-state index in [9.17, 15) is 0 Å². The van der Waals surface area contributed by atoms with E-state index in [0.29, 0.717) is 0 Å². The molecular formula is C24H28ClNO. The molecule has 0 N–H and O–H groups in total. The van der Waals surface area contributed by atoms with Crippen LogP contribution in [0.15, 0.2) is 65.9 Å². The lowest BCUT2D eigenvalue weighted by molar-refractivity contribution is 0.201. The third kappa shape index (κ3) is 5.72. The third-order valence-corrected chi connectivity index (χ3v) is 5.02. The summed E-state index contributed by atoms with van der Waals surface area (Å²) in [5.74, 6) is 1.07. The molecule has 2 aromatic rings. The molecule has 2 nitrogen and oxygen atoms in total. The van der Waals surface area contributed by atoms with Crippen LogP contribution in [0.5, 0.6) is 0 Å². The Labute approximate surface area is 168 Å². The van der Waals surface area contributed by atoms with E-state index >= 15 is 0 Å². The second-order valence-electron chi connectivity index (χ2n) is 7.25. The first-order valence-electron chi connectivity index (χ1n) is 9.66. The molecule has 1 aliphatic carbocycles. The lowest BCUT2D eigenvalue weighted by Gasteiger charge is -2.24. The van der Waals surface area contributed by atoms with Gasteiger partial charge < -0.3 is 9.64 Å². The summed E-state index contributed by atoms with van der Waals surface area (Å²) in [5.41, 5.74) is 5.04. The molecule has 1 aliphatic rings. The van der Waals surface area contributed by atoms with Crippen LogP contribution < -0.4 is 0 Å². The quantitative estimate of drug-likeness (QED) is 0.523. The van der Waals surface area contributed by atoms with Crippen LogP contribution in [0.2, 0.25) is 5.02 Å². The molecule has 0 bridgehead atoms. The monoisotopic (exact) mass is 381 g/mol. The standard InChI is InChI=1S/C24H28ClNO/c1-26(2)16-7-17-27-24-21(18-19-12-14-22(25)15-13-19)10-6-11-23(24)20-8-4-3-5-9-20/h3-5,8-9,12-15,18H,6-7,10-11,16-17H2,1-2H3/b21-18+. The van der Waals surface area contributed by atoms with Crippen molar-refractivity contribution in [2.24, 2.45) is 0 Å². The number of benzene rings is 2. The van der Waals surface area contributed by atoms with Crippen molar-refractivity contribution >= 4 is 23.3 Å². The van der Waals surface area contributed by atoms with Crippen molar-refractivity contribution in [2.45, 2.75) is 25.7 Å². The van der Waals surface area contributed by atoms with Gasteiger partial charge in [0.15, 0.2) is 0 Å². The van der Waals surface area contributed by atoms with Crippen LogP contribution in [0.1, 0.15) is 36.8 Å². The van der Waals surface area contributed by atoms with Gasteiger partial charge in [-0.15, -0.1) is 0 Å². The topological polar surface area (TPSA) is 12.5 Å². The van der Waals surface area contributed by atoms with Crippen LogP contribution in [0.25, 0.3) is 11.6 Å². The van der Waals surface area contributed by atoms with Crippen molar-refractivity contribution in [1.29, 1.82) is 0 Å². The van der Waals surface area contributed by atoms with Gasteiger partial charge in [-0.05, 0) is 74.7 Å². The van der Waals surface area contributed by atoms with Gasteiger partial charge in [-0.2, -0.15) is 0 Å². The molecule has 2 aromatic carbocycles. The Kier molecular flexibility index (Phi) is 7.14. The van der Waals surface area contributed by atoms with Crippen LogP contribution in [-0.4, -0.2) is 32.1 Å². The maximum absolute atomic E-state index is 6.37. The van der Waals surface area contributed by atoms with Gasteiger partial charge in [0.05, 0.1) is 6.61 Å². The molecule has 0 radical (unpaired) electrons. The van der Waals surface area contributed by atoms with E-state index in [4.69, 9.17) is 16.3 Å². The van der Waals surface area contributed by atoms with Gasteiger partial charge in [0, 0.05) is 17.1 Å². The highest BCUT2D eigenvalue weighted by Gasteiger charge is 2.20. The fourth-order valence-electron chi connectivity index (χ4n) is 3.42. The van der Waals surface area contributed by atoms with Gasteiger partial charge in [0.1, 0.15) is 5.76 Å². The molecule has 0 fully saturated rings. The van der Waals surface area contributed by atoms with E-state index < -0.39 is 0 Å². The number of nitrogens with zero attached hydrogens (tertiary/aromatic N) is 1. The summed E-state index contributed by atoms with van der Waals surface area (Å²) in [6, 6.07) is 18.6. The third-order valence-electron chi connectivity index (χ3n) is 4.77. The number of rotatable bonds is 7. The largest absolute Gasteiger partial charge is 0.493 e. The lowest BCUT2D eigenvalue weighted by atomic mass is 9.88. The summed E-state index contributed by atoms with van der Waals surface area (Å²) >= 11 is 6.04. The average Bonchev–Trinajstić information content (AvgIpc) is 2.68. The number of hydrogen-bond acceptors (Lipinski definition) is 2. The minimum absolute atomic E-state index is 0.738. The van der Waals surface area contributed by atoms with Crippen molar-refractivity contribution in [3.8, 4) is 0 Å². The summed E-state index contributed by atoms with van der Waals surface area (Å²) < 4.78 is 6.37. The Balaban J connectivity index is 1.91. The van der Waals surface area contributed by atoms with Crippen molar-refractivity contribution in [1.82, 2.24) is 4.90 Å². The predicted octanol–water partition coefficient (Wildman–Crippen LogP) is 6.29. The molecule has 0 saturated heterocycles. The maximum atomic E-state index is 6.37. The van der Waals surface area contributed by atoms with Gasteiger partial charge in [0.25, 0.3) is 0 Å². The van der Waals surface area contributed by atoms with Crippen LogP contribution >= 0.6 is 11.6 Å². The molecule has 0 saturated carbocycles. The Bertz CT molecular complexity index is 791. The molecule has 0 aliphatic heterocycles. The number of allylic oxidation sites excluding steroid dienone is 2. The van der Waals surface area contributed by atoms with Crippen LogP contribution in [0, 0.1) is 0 Å². The second-order valence-corrected chi connectivity index (χ2v) is 7.69. The summed E-state index contributed by atoms with van der Waals surface area (Å²) in [6.45, 7) is 1.77. The first kappa shape index (κ1) is 19.7. The Morgan fingerprint density at radius 1 is 1.00 bits per heavy atom. The summed E-state index contributed by atoms with van der Waals surface area (Å²) in [5, 5.41) is 0.765. The zero-order valence-corrected chi connectivity index (χ0v) is 17.0. The highest BCUT2D eigenvalue weighted by atomic mass is 35.5. The van der Waals surface area contributed by atoms with Crippen LogP contribution in [0.4, 0.5) is 0 Å². The molecule has 0 atom stereocenters. The minimum atomic E-state index is 0.738. The molecule has 3 rings (SSSR count). The summed E-state index contributed by atoms with van der Waals surface area (Å²) in [6.07, 6.45) is 6.52. The maximum Gasteiger partial charge on any atom is 0.126 e. The van der Waals surface area contributed by atoms with Crippen LogP contribution in [-0.2, 0) is 4.74 Å². The first-order chi connectivity index (χ1) is 13.1. The fraction of sp³-hybridized carbons (Fsp3) is 0.333. The number of ether oxygens (including phenoxy) is 1. The Morgan fingerprint density at radius 2 is 1.74 bits per heavy atom. The van der Waals surface area contributed by atoms with Crippen molar-refractivity contribution in [2.75, 3.05) is 27.2 Å². The number of hydrogen-bond donors (Lipinski definition) is 0. The zero-order valence-electron chi connectivity index (χ0n) is 16.2. The molecule has 0 heterocycles. The molecule has 3 heteroatoms. The van der Waals surface area contributed by atoms with E-state index in [2.05, 4.69) is 67.5 Å². The minimum Gasteiger partial charge on any atom is -0.493 e. The molecule has 0 spiro atoms. The van der Waals surface area contributed by atoms with Crippen LogP contribution in [0.3, 0.4) is 0 Å². The van der Waals surface area contributed by atoms with Gasteiger partial charge in [0.2, 0.25) is 0 Å². The van der Waals surface area contributed by atoms with E-state index in [0.717, 1.165) is 55.2 Å². The SMILES string of the molecule is CN(C)CCCOC1=C(c2ccccc2)CCC/C1=C\c1ccc(Cl)cc1.